The molecule has 27 heavy (non-hydrogen) atoms. The second kappa shape index (κ2) is 8.29. The molecule has 138 valence electrons. The average Bonchev–Trinajstić information content (AvgIpc) is 3.19. The van der Waals surface area contributed by atoms with E-state index in [1.807, 2.05) is 60.7 Å². The lowest BCUT2D eigenvalue weighted by atomic mass is 10.1. The highest BCUT2D eigenvalue weighted by atomic mass is 16.2. The van der Waals surface area contributed by atoms with E-state index < -0.39 is 6.04 Å². The fourth-order valence-electron chi connectivity index (χ4n) is 2.65. The third-order valence-corrected chi connectivity index (χ3v) is 4.06. The Morgan fingerprint density at radius 3 is 2.26 bits per heavy atom. The summed E-state index contributed by atoms with van der Waals surface area (Å²) in [5.74, 6) is -0.554. The minimum Gasteiger partial charge on any atom is -0.347 e. The molecule has 1 aromatic heterocycles. The van der Waals surface area contributed by atoms with Gasteiger partial charge in [0.1, 0.15) is 11.7 Å². The van der Waals surface area contributed by atoms with E-state index in [4.69, 9.17) is 0 Å². The minimum atomic E-state index is -0.696. The van der Waals surface area contributed by atoms with Crippen molar-refractivity contribution in [1.29, 1.82) is 0 Å². The predicted octanol–water partition coefficient (Wildman–Crippen LogP) is 1.94. The minimum absolute atomic E-state index is 0.168. The molecular weight excluding hydrogens is 342 g/mol. The number of nitrogens with one attached hydrogen (secondary N) is 2. The molecule has 3 aromatic rings. The van der Waals surface area contributed by atoms with Gasteiger partial charge in [0.25, 0.3) is 5.91 Å². The number of hydrogen-bond acceptors (Lipinski definition) is 4. The molecule has 1 heterocycles. The second-order valence-corrected chi connectivity index (χ2v) is 6.16. The predicted molar refractivity (Wildman–Crippen MR) is 102 cm³/mol. The van der Waals surface area contributed by atoms with Crippen LogP contribution >= 0.6 is 0 Å². The maximum absolute atomic E-state index is 12.7. The maximum atomic E-state index is 12.7. The number of hydrazine groups is 1. The molecule has 0 unspecified atom stereocenters. The summed E-state index contributed by atoms with van der Waals surface area (Å²) in [7, 11) is 3.35. The fraction of sp³-hybridized carbons (Fsp3) is 0.150. The summed E-state index contributed by atoms with van der Waals surface area (Å²) >= 11 is 0. The van der Waals surface area contributed by atoms with E-state index in [0.29, 0.717) is 5.69 Å². The van der Waals surface area contributed by atoms with Crippen LogP contribution in [0.4, 0.5) is 0 Å². The molecule has 0 saturated heterocycles. The summed E-state index contributed by atoms with van der Waals surface area (Å²) in [6.07, 6.45) is 3.05. The van der Waals surface area contributed by atoms with Crippen LogP contribution in [0.3, 0.4) is 0 Å². The summed E-state index contributed by atoms with van der Waals surface area (Å²) in [6.45, 7) is 0. The molecule has 0 radical (unpaired) electrons. The van der Waals surface area contributed by atoms with Crippen molar-refractivity contribution in [1.82, 2.24) is 25.3 Å². The number of carbonyl (C=O) groups excluding carboxylic acids is 2. The van der Waals surface area contributed by atoms with E-state index >= 15 is 0 Å². The first kappa shape index (κ1) is 18.3. The number of carbonyl (C=O) groups is 2. The van der Waals surface area contributed by atoms with Crippen molar-refractivity contribution in [2.24, 2.45) is 0 Å². The number of benzene rings is 2. The average molecular weight is 363 g/mol. The van der Waals surface area contributed by atoms with Gasteiger partial charge in [-0.1, -0.05) is 48.5 Å². The van der Waals surface area contributed by atoms with Gasteiger partial charge in [-0.15, -0.1) is 0 Å². The van der Waals surface area contributed by atoms with Gasteiger partial charge in [0.15, 0.2) is 0 Å². The van der Waals surface area contributed by atoms with Gasteiger partial charge in [0.2, 0.25) is 5.91 Å². The van der Waals surface area contributed by atoms with Gasteiger partial charge < -0.3 is 4.90 Å². The van der Waals surface area contributed by atoms with Crippen LogP contribution in [0, 0.1) is 0 Å². The van der Waals surface area contributed by atoms with E-state index in [2.05, 4.69) is 15.8 Å². The third kappa shape index (κ3) is 4.21. The van der Waals surface area contributed by atoms with Crippen molar-refractivity contribution < 1.29 is 9.59 Å². The highest BCUT2D eigenvalue weighted by Gasteiger charge is 2.23. The largest absolute Gasteiger partial charge is 0.347 e. The van der Waals surface area contributed by atoms with E-state index in [0.717, 1.165) is 11.3 Å². The number of hydrogen-bond donors (Lipinski definition) is 2. The van der Waals surface area contributed by atoms with Gasteiger partial charge in [0.05, 0.1) is 12.5 Å². The Bertz CT molecular complexity index is 906. The lowest BCUT2D eigenvalue weighted by Crippen LogP contribution is -2.46. The van der Waals surface area contributed by atoms with Crippen LogP contribution in [0.5, 0.6) is 0 Å². The van der Waals surface area contributed by atoms with Crippen LogP contribution in [0.15, 0.2) is 73.2 Å². The summed E-state index contributed by atoms with van der Waals surface area (Å²) in [6, 6.07) is 18.0. The van der Waals surface area contributed by atoms with Gasteiger partial charge in [-0.25, -0.2) is 10.4 Å². The number of aromatic nitrogens is 2. The topological polar surface area (TPSA) is 79.3 Å². The van der Waals surface area contributed by atoms with Crippen molar-refractivity contribution >= 4 is 11.8 Å². The molecule has 0 fully saturated rings. The zero-order valence-electron chi connectivity index (χ0n) is 15.2. The van der Waals surface area contributed by atoms with E-state index in [1.165, 1.54) is 11.1 Å². The van der Waals surface area contributed by atoms with Crippen LogP contribution in [0.25, 0.3) is 5.69 Å². The molecule has 0 saturated carbocycles. The number of imidazole rings is 1. The standard InChI is InChI=1S/C20H21N5O2/c1-24(2)20(27)18(15-9-5-3-6-10-15)22-23-19(26)17-13-21-14-25(17)16-11-7-4-8-12-16/h3-14,18,22H,1-2H3,(H,23,26)/t18-/m0/s1. The first-order valence-corrected chi connectivity index (χ1v) is 8.47. The fourth-order valence-corrected chi connectivity index (χ4v) is 2.65. The lowest BCUT2D eigenvalue weighted by Gasteiger charge is -2.22. The molecule has 2 amide bonds. The smallest absolute Gasteiger partial charge is 0.284 e. The molecule has 0 bridgehead atoms. The van der Waals surface area contributed by atoms with Crippen molar-refractivity contribution in [3.05, 3.63) is 84.4 Å². The Morgan fingerprint density at radius 1 is 1.00 bits per heavy atom. The van der Waals surface area contributed by atoms with Crippen LogP contribution in [-0.4, -0.2) is 40.4 Å². The number of amides is 2. The first-order chi connectivity index (χ1) is 13.1. The van der Waals surface area contributed by atoms with Gasteiger partial charge in [0, 0.05) is 19.8 Å². The highest BCUT2D eigenvalue weighted by molar-refractivity contribution is 5.93. The molecule has 3 rings (SSSR count). The summed E-state index contributed by atoms with van der Waals surface area (Å²) in [5, 5.41) is 0. The van der Waals surface area contributed by atoms with E-state index in [1.54, 1.807) is 25.0 Å². The van der Waals surface area contributed by atoms with Crippen molar-refractivity contribution in [3.8, 4) is 5.69 Å². The molecule has 0 aliphatic rings. The van der Waals surface area contributed by atoms with Crippen LogP contribution in [0.2, 0.25) is 0 Å². The highest BCUT2D eigenvalue weighted by Crippen LogP contribution is 2.15. The van der Waals surface area contributed by atoms with Crippen LogP contribution < -0.4 is 10.9 Å². The zero-order valence-corrected chi connectivity index (χ0v) is 15.2. The van der Waals surface area contributed by atoms with Crippen molar-refractivity contribution in [2.75, 3.05) is 14.1 Å². The monoisotopic (exact) mass is 363 g/mol. The summed E-state index contributed by atoms with van der Waals surface area (Å²) < 4.78 is 1.68. The first-order valence-electron chi connectivity index (χ1n) is 8.47. The van der Waals surface area contributed by atoms with Crippen LogP contribution in [0.1, 0.15) is 22.1 Å². The Hall–Kier alpha value is -3.45. The molecule has 7 heteroatoms. The Labute approximate surface area is 157 Å². The van der Waals surface area contributed by atoms with E-state index in [9.17, 15) is 9.59 Å². The van der Waals surface area contributed by atoms with Gasteiger partial charge in [-0.3, -0.25) is 19.6 Å². The molecule has 0 aliphatic heterocycles. The molecule has 2 N–H and O–H groups in total. The third-order valence-electron chi connectivity index (χ3n) is 4.06. The molecule has 2 aromatic carbocycles. The SMILES string of the molecule is CN(C)C(=O)[C@@H](NNC(=O)c1cncn1-c1ccccc1)c1ccccc1. The molecule has 0 spiro atoms. The maximum Gasteiger partial charge on any atom is 0.284 e. The number of rotatable bonds is 6. The molecular formula is C20H21N5O2. The van der Waals surface area contributed by atoms with Gasteiger partial charge in [-0.2, -0.15) is 0 Å². The quantitative estimate of drug-likeness (QED) is 0.656. The number of para-hydroxylation sites is 1. The zero-order chi connectivity index (χ0) is 19.2. The van der Waals surface area contributed by atoms with Crippen molar-refractivity contribution in [2.45, 2.75) is 6.04 Å². The van der Waals surface area contributed by atoms with E-state index in [-0.39, 0.29) is 11.8 Å². The summed E-state index contributed by atoms with van der Waals surface area (Å²) in [5.41, 5.74) is 7.42. The molecule has 7 nitrogen and oxygen atoms in total. The normalized spacial score (nSPS) is 11.6. The van der Waals surface area contributed by atoms with Gasteiger partial charge >= 0.3 is 0 Å². The Kier molecular flexibility index (Phi) is 5.63. The molecule has 0 aliphatic carbocycles. The van der Waals surface area contributed by atoms with Crippen molar-refractivity contribution in [3.63, 3.8) is 0 Å². The Morgan fingerprint density at radius 2 is 1.63 bits per heavy atom. The lowest BCUT2D eigenvalue weighted by molar-refractivity contribution is -0.131. The summed E-state index contributed by atoms with van der Waals surface area (Å²) in [4.78, 5) is 30.7. The number of likely N-dealkylation sites (N-methyl/N-ethyl adjacent to an activating group) is 1. The van der Waals surface area contributed by atoms with Crippen LogP contribution in [-0.2, 0) is 4.79 Å². The molecule has 1 atom stereocenters. The van der Waals surface area contributed by atoms with Gasteiger partial charge in [-0.05, 0) is 17.7 Å². The Balaban J connectivity index is 1.78. The number of nitrogens with zero attached hydrogens (tertiary/aromatic N) is 3. The second-order valence-electron chi connectivity index (χ2n) is 6.16.